The van der Waals surface area contributed by atoms with Gasteiger partial charge < -0.3 is 4.55 Å². The van der Waals surface area contributed by atoms with Gasteiger partial charge in [-0.2, -0.15) is 8.42 Å². The Morgan fingerprint density at radius 1 is 0.773 bits per heavy atom. The molecule has 0 atom stereocenters. The van der Waals surface area contributed by atoms with E-state index in [1.807, 2.05) is 0 Å². The monoisotopic (exact) mass is 368 g/mol. The molecular formula is C12H25NaO7S2. The van der Waals surface area contributed by atoms with Crippen molar-refractivity contribution in [2.24, 2.45) is 0 Å². The summed E-state index contributed by atoms with van der Waals surface area (Å²) in [4.78, 5) is 4.23. The van der Waals surface area contributed by atoms with Gasteiger partial charge in [-0.05, 0) is 6.42 Å². The maximum absolute atomic E-state index is 10.7. The first-order chi connectivity index (χ1) is 9.81. The van der Waals surface area contributed by atoms with Gasteiger partial charge in [-0.25, -0.2) is 13.3 Å². The van der Waals surface area contributed by atoms with Crippen LogP contribution < -0.4 is 29.6 Å². The average Bonchev–Trinajstić information content (AvgIpc) is 2.38. The molecule has 0 aliphatic carbocycles. The van der Waals surface area contributed by atoms with Crippen molar-refractivity contribution in [3.63, 3.8) is 0 Å². The van der Waals surface area contributed by atoms with Crippen LogP contribution in [-0.2, 0) is 27.5 Å². The molecule has 0 amide bonds. The van der Waals surface area contributed by atoms with Gasteiger partial charge in [-0.3, -0.25) is 0 Å². The Morgan fingerprint density at radius 2 is 1.18 bits per heavy atom. The average molecular weight is 368 g/mol. The quantitative estimate of drug-likeness (QED) is 0.103. The van der Waals surface area contributed by atoms with Crippen molar-refractivity contribution in [3.05, 3.63) is 0 Å². The van der Waals surface area contributed by atoms with Crippen LogP contribution in [0.3, 0.4) is 0 Å². The molecule has 128 valence electrons. The molecule has 0 spiro atoms. The molecule has 10 heteroatoms. The summed E-state index contributed by atoms with van der Waals surface area (Å²) >= 11 is 0. The first kappa shape index (κ1) is 25.0. The van der Waals surface area contributed by atoms with Gasteiger partial charge in [0.1, 0.15) is 0 Å². The van der Waals surface area contributed by atoms with Crippen LogP contribution in [0.15, 0.2) is 0 Å². The standard InChI is InChI=1S/C12H26O7S2.Na/c1-2-3-4-5-6-7-8-9-10-11-12-18-19-21(16,17)20(13,14)15;/h2-12H2,1H3,(H,13,14,15);/q;+1/p-1. The van der Waals surface area contributed by atoms with Crippen molar-refractivity contribution < 1.29 is 60.2 Å². The first-order valence-electron chi connectivity index (χ1n) is 7.33. The zero-order chi connectivity index (χ0) is 16.2. The van der Waals surface area contributed by atoms with E-state index < -0.39 is 18.3 Å². The summed E-state index contributed by atoms with van der Waals surface area (Å²) in [5, 5.41) is 0. The predicted octanol–water partition coefficient (Wildman–Crippen LogP) is -0.350. The first-order valence-corrected chi connectivity index (χ1v) is 10.7. The molecule has 0 aliphatic heterocycles. The minimum Gasteiger partial charge on any atom is -0.734 e. The SMILES string of the molecule is CCCCCCCCCCCCOOS(=O)(=O)S(=O)(=O)[O-].[Na+]. The zero-order valence-electron chi connectivity index (χ0n) is 13.5. The number of hydrogen-bond donors (Lipinski definition) is 0. The van der Waals surface area contributed by atoms with Crippen molar-refractivity contribution in [1.29, 1.82) is 0 Å². The van der Waals surface area contributed by atoms with Crippen LogP contribution in [0.5, 0.6) is 0 Å². The van der Waals surface area contributed by atoms with E-state index in [-0.39, 0.29) is 36.2 Å². The fourth-order valence-corrected chi connectivity index (χ4v) is 2.35. The van der Waals surface area contributed by atoms with Crippen LogP contribution >= 0.6 is 0 Å². The summed E-state index contributed by atoms with van der Waals surface area (Å²) in [7, 11) is -10.8. The van der Waals surface area contributed by atoms with E-state index >= 15 is 0 Å². The number of unbranched alkanes of at least 4 members (excludes halogenated alkanes) is 9. The zero-order valence-corrected chi connectivity index (χ0v) is 17.1. The molecule has 0 aliphatic rings. The normalized spacial score (nSPS) is 12.1. The van der Waals surface area contributed by atoms with E-state index in [0.29, 0.717) is 6.42 Å². The third kappa shape index (κ3) is 13.2. The van der Waals surface area contributed by atoms with Gasteiger partial charge in [0.25, 0.3) is 0 Å². The Labute approximate surface area is 155 Å². The molecule has 22 heavy (non-hydrogen) atoms. The van der Waals surface area contributed by atoms with E-state index in [4.69, 9.17) is 0 Å². The second-order valence-electron chi connectivity index (χ2n) is 4.89. The predicted molar refractivity (Wildman–Crippen MR) is 77.5 cm³/mol. The van der Waals surface area contributed by atoms with Crippen LogP contribution in [-0.4, -0.2) is 28.0 Å². The molecule has 0 aromatic rings. The van der Waals surface area contributed by atoms with Gasteiger partial charge in [0.2, 0.25) is 9.15 Å². The minimum atomic E-state index is -5.54. The van der Waals surface area contributed by atoms with Crippen molar-refractivity contribution >= 4 is 18.3 Å². The van der Waals surface area contributed by atoms with Crippen LogP contribution in [0.1, 0.15) is 71.1 Å². The van der Waals surface area contributed by atoms with Gasteiger partial charge in [0.15, 0.2) is 0 Å². The third-order valence-corrected chi connectivity index (χ3v) is 5.39. The van der Waals surface area contributed by atoms with Crippen molar-refractivity contribution in [3.8, 4) is 0 Å². The molecule has 0 aromatic carbocycles. The maximum atomic E-state index is 10.7. The summed E-state index contributed by atoms with van der Waals surface area (Å²) in [6, 6.07) is 0. The van der Waals surface area contributed by atoms with E-state index in [9.17, 15) is 21.4 Å². The summed E-state index contributed by atoms with van der Waals surface area (Å²) in [5.74, 6) is 0. The van der Waals surface area contributed by atoms with Crippen LogP contribution in [0, 0.1) is 0 Å². The fourth-order valence-electron chi connectivity index (χ4n) is 1.78. The molecule has 0 heterocycles. The summed E-state index contributed by atoms with van der Waals surface area (Å²) in [5.41, 5.74) is 0. The summed E-state index contributed by atoms with van der Waals surface area (Å²) in [6.07, 6.45) is 11.0. The van der Waals surface area contributed by atoms with Crippen LogP contribution in [0.25, 0.3) is 0 Å². The molecule has 0 fully saturated rings. The molecule has 0 radical (unpaired) electrons. The Hall–Kier alpha value is 0.780. The maximum Gasteiger partial charge on any atom is 1.00 e. The largest absolute Gasteiger partial charge is 1.00 e. The van der Waals surface area contributed by atoms with Crippen LogP contribution in [0.4, 0.5) is 0 Å². The second kappa shape index (κ2) is 14.2. The molecule has 0 rings (SSSR count). The number of rotatable bonds is 14. The third-order valence-electron chi connectivity index (χ3n) is 2.96. The van der Waals surface area contributed by atoms with E-state index in [1.54, 1.807) is 0 Å². The molecule has 0 saturated heterocycles. The minimum absolute atomic E-state index is 0. The van der Waals surface area contributed by atoms with Crippen LogP contribution in [0.2, 0.25) is 0 Å². The summed E-state index contributed by atoms with van der Waals surface area (Å²) < 4.78 is 55.7. The molecule has 0 aromatic heterocycles. The Kier molecular flexibility index (Phi) is 16.1. The molecule has 0 bridgehead atoms. The van der Waals surface area contributed by atoms with Gasteiger partial charge in [-0.1, -0.05) is 69.0 Å². The molecule has 0 saturated carbocycles. The molecular weight excluding hydrogens is 343 g/mol. The molecule has 0 unspecified atom stereocenters. The smallest absolute Gasteiger partial charge is 0.734 e. The molecule has 0 N–H and O–H groups in total. The van der Waals surface area contributed by atoms with Gasteiger partial charge in [-0.15, -0.1) is 0 Å². The van der Waals surface area contributed by atoms with Crippen molar-refractivity contribution in [2.45, 2.75) is 71.1 Å². The van der Waals surface area contributed by atoms with Gasteiger partial charge >= 0.3 is 38.7 Å². The number of hydrogen-bond acceptors (Lipinski definition) is 7. The Morgan fingerprint density at radius 3 is 1.59 bits per heavy atom. The Balaban J connectivity index is 0. The fraction of sp³-hybridized carbons (Fsp3) is 1.00. The van der Waals surface area contributed by atoms with E-state index in [0.717, 1.165) is 19.3 Å². The van der Waals surface area contributed by atoms with Crippen molar-refractivity contribution in [1.82, 2.24) is 0 Å². The van der Waals surface area contributed by atoms with Crippen molar-refractivity contribution in [2.75, 3.05) is 6.61 Å². The van der Waals surface area contributed by atoms with E-state index in [2.05, 4.69) is 16.1 Å². The summed E-state index contributed by atoms with van der Waals surface area (Å²) in [6.45, 7) is 2.12. The Bertz CT molecular complexity index is 448. The van der Waals surface area contributed by atoms with Gasteiger partial charge in [0, 0.05) is 0 Å². The topological polar surface area (TPSA) is 110 Å². The second-order valence-corrected chi connectivity index (χ2v) is 9.11. The van der Waals surface area contributed by atoms with E-state index in [1.165, 1.54) is 38.5 Å². The van der Waals surface area contributed by atoms with Gasteiger partial charge in [0.05, 0.1) is 6.61 Å². The molecule has 7 nitrogen and oxygen atoms in total.